The van der Waals surface area contributed by atoms with Crippen LogP contribution in [0.1, 0.15) is 156 Å². The van der Waals surface area contributed by atoms with Gasteiger partial charge in [-0.3, -0.25) is 47.9 Å². The van der Waals surface area contributed by atoms with E-state index in [4.69, 9.17) is 40.1 Å². The van der Waals surface area contributed by atoms with Crippen LogP contribution in [0.5, 0.6) is 0 Å². The Labute approximate surface area is 495 Å². The first kappa shape index (κ1) is 73.4. The van der Waals surface area contributed by atoms with E-state index in [-0.39, 0.29) is 63.2 Å². The number of hydrogen-bond donors (Lipinski definition) is 16. The van der Waals surface area contributed by atoms with Gasteiger partial charge in [0.2, 0.25) is 59.1 Å². The van der Waals surface area contributed by atoms with Crippen LogP contribution in [0.2, 0.25) is 0 Å². The second kappa shape index (κ2) is 39.7. The molecule has 0 aliphatic rings. The first-order valence-corrected chi connectivity index (χ1v) is 30.0. The molecule has 0 fully saturated rings. The maximum Gasteiger partial charge on any atom is 0.243 e. The van der Waals surface area contributed by atoms with Crippen molar-refractivity contribution in [1.29, 1.82) is 0 Å². The summed E-state index contributed by atoms with van der Waals surface area (Å²) in [6.45, 7) is 12.3. The molecule has 10 amide bonds. The van der Waals surface area contributed by atoms with E-state index in [0.29, 0.717) is 96.0 Å². The first-order valence-electron chi connectivity index (χ1n) is 30.0. The Morgan fingerprint density at radius 3 is 1.33 bits per heavy atom. The number of primary amides is 2. The second-order valence-corrected chi connectivity index (χ2v) is 22.8. The third-order valence-corrected chi connectivity index (χ3v) is 14.6. The van der Waals surface area contributed by atoms with Crippen molar-refractivity contribution in [3.8, 4) is 0 Å². The van der Waals surface area contributed by atoms with Crippen molar-refractivity contribution in [2.75, 3.05) is 26.2 Å². The molecule has 1 aromatic carbocycles. The van der Waals surface area contributed by atoms with Crippen LogP contribution in [-0.4, -0.2) is 145 Å². The summed E-state index contributed by atoms with van der Waals surface area (Å²) in [4.78, 5) is 141. The van der Waals surface area contributed by atoms with Crippen molar-refractivity contribution in [1.82, 2.24) is 47.5 Å². The highest BCUT2D eigenvalue weighted by Crippen LogP contribution is 2.21. The zero-order chi connectivity index (χ0) is 62.9. The van der Waals surface area contributed by atoms with Crippen LogP contribution in [0, 0.1) is 17.8 Å². The number of aromatic nitrogens is 1. The molecule has 0 radical (unpaired) electrons. The molecule has 26 nitrogen and oxygen atoms in total. The number of carbonyl (C=O) groups is 10. The molecule has 1 heterocycles. The van der Waals surface area contributed by atoms with E-state index in [2.05, 4.69) is 47.5 Å². The number of hydrogen-bond acceptors (Lipinski definition) is 15. The summed E-state index contributed by atoms with van der Waals surface area (Å²) in [7, 11) is 0. The molecular weight excluding hydrogens is 1080 g/mol. The lowest BCUT2D eigenvalue weighted by atomic mass is 9.95. The van der Waals surface area contributed by atoms with Crippen LogP contribution in [-0.2, 0) is 54.4 Å². The van der Waals surface area contributed by atoms with Crippen molar-refractivity contribution < 1.29 is 47.9 Å². The zero-order valence-corrected chi connectivity index (χ0v) is 50.5. The highest BCUT2D eigenvalue weighted by molar-refractivity contribution is 5.99. The third-order valence-electron chi connectivity index (χ3n) is 14.6. The largest absolute Gasteiger partial charge is 0.370 e. The van der Waals surface area contributed by atoms with Gasteiger partial charge in [0.15, 0.2) is 0 Å². The molecule has 2 rings (SSSR count). The van der Waals surface area contributed by atoms with Crippen molar-refractivity contribution in [2.45, 2.75) is 211 Å². The number of fused-ring (bicyclic) bond motifs is 1. The van der Waals surface area contributed by atoms with Gasteiger partial charge in [0.25, 0.3) is 0 Å². The van der Waals surface area contributed by atoms with E-state index in [9.17, 15) is 47.9 Å². The van der Waals surface area contributed by atoms with E-state index in [1.807, 2.05) is 52.0 Å². The van der Waals surface area contributed by atoms with E-state index >= 15 is 0 Å². The maximum atomic E-state index is 14.7. The molecule has 23 N–H and O–H groups in total. The van der Waals surface area contributed by atoms with E-state index < -0.39 is 119 Å². The minimum Gasteiger partial charge on any atom is -0.370 e. The van der Waals surface area contributed by atoms with Gasteiger partial charge in [-0.25, -0.2) is 0 Å². The molecule has 2 aromatic rings. The molecule has 0 aliphatic carbocycles. The van der Waals surface area contributed by atoms with Gasteiger partial charge in [-0.2, -0.15) is 0 Å². The molecule has 26 heteroatoms. The van der Waals surface area contributed by atoms with Crippen LogP contribution < -0.4 is 82.7 Å². The number of nitrogens with one attached hydrogen (secondary N) is 9. The second-order valence-electron chi connectivity index (χ2n) is 22.8. The van der Waals surface area contributed by atoms with E-state index in [1.54, 1.807) is 20.0 Å². The lowest BCUT2D eigenvalue weighted by Crippen LogP contribution is -2.61. The highest BCUT2D eigenvalue weighted by atomic mass is 16.2. The Morgan fingerprint density at radius 1 is 0.464 bits per heavy atom. The molecule has 0 spiro atoms. The molecule has 0 saturated heterocycles. The summed E-state index contributed by atoms with van der Waals surface area (Å²) in [5.41, 5.74) is 41.6. The van der Waals surface area contributed by atoms with Gasteiger partial charge in [0.1, 0.15) is 48.3 Å². The maximum absolute atomic E-state index is 14.7. The number of amides is 10. The molecule has 10 atom stereocenters. The minimum absolute atomic E-state index is 0.0376. The smallest absolute Gasteiger partial charge is 0.243 e. The fourth-order valence-electron chi connectivity index (χ4n) is 9.49. The highest BCUT2D eigenvalue weighted by Gasteiger charge is 2.37. The lowest BCUT2D eigenvalue weighted by molar-refractivity contribution is -0.137. The summed E-state index contributed by atoms with van der Waals surface area (Å²) in [6.07, 6.45) is 6.78. The van der Waals surface area contributed by atoms with Crippen LogP contribution in [0.15, 0.2) is 30.5 Å². The molecule has 0 unspecified atom stereocenters. The number of nitrogens with two attached hydrogens (primary N) is 7. The first-order chi connectivity index (χ1) is 39.9. The van der Waals surface area contributed by atoms with Gasteiger partial charge >= 0.3 is 0 Å². The topological polar surface area (TPSA) is 465 Å². The summed E-state index contributed by atoms with van der Waals surface area (Å²) in [5, 5.41) is 22.8. The minimum atomic E-state index is -1.47. The van der Waals surface area contributed by atoms with Crippen LogP contribution in [0.3, 0.4) is 0 Å². The predicted molar refractivity (Wildman–Crippen MR) is 323 cm³/mol. The zero-order valence-electron chi connectivity index (χ0n) is 50.5. The van der Waals surface area contributed by atoms with Gasteiger partial charge in [-0.05, 0) is 145 Å². The molecule has 1 aromatic heterocycles. The summed E-state index contributed by atoms with van der Waals surface area (Å²) in [5.74, 6) is -8.27. The number of rotatable bonds is 44. The van der Waals surface area contributed by atoms with Gasteiger partial charge < -0.3 is 87.7 Å². The van der Waals surface area contributed by atoms with Crippen molar-refractivity contribution in [3.05, 3.63) is 36.0 Å². The molecular formula is C58H102N16O10. The average Bonchev–Trinajstić information content (AvgIpc) is 3.97. The SMILES string of the molecule is CC[C@H](C)[C@H](NC(=O)[C@H](CC(C)C)NC(=O)[C@H](Cc1c[nH]c2ccccc12)NC(=O)[C@H](CCCCN)NC(=O)[C@H](N)CCCCN)C(=O)N[C@@H](CCC(N)=O)C(=O)N[C@@H](CC(C)C)C(=O)N[C@@H](CCCCN)C(=O)N[C@@H](CCCCN)C(N)=O. The Balaban J connectivity index is 2.52. The molecule has 0 bridgehead atoms. The number of para-hydroxylation sites is 1. The van der Waals surface area contributed by atoms with Crippen LogP contribution >= 0.6 is 0 Å². The van der Waals surface area contributed by atoms with Gasteiger partial charge in [0, 0.05) is 29.9 Å². The fraction of sp³-hybridized carbons (Fsp3) is 0.690. The molecule has 0 aliphatic heterocycles. The third kappa shape index (κ3) is 26.9. The van der Waals surface area contributed by atoms with Crippen LogP contribution in [0.25, 0.3) is 10.9 Å². The molecule has 0 saturated carbocycles. The molecule has 474 valence electrons. The standard InChI is InChI=1S/C58H102N16O10/c1-7-36(6)49(58(84)70-44(24-25-48(64)75)54(80)71-45(30-34(2)3)55(81)69-43(23-13-17-29-62)52(78)67-41(50(65)76)21-11-15-27-60)74-57(83)46(31-35(4)5)72-56(82)47(32-37-33-66-40-20-9-8-18-38(37)40)73-53(79)42(22-12-16-28-61)68-51(77)39(63)19-10-14-26-59/h8-9,18,20,33-36,39,41-47,49,66H,7,10-17,19,21-32,59-63H2,1-6H3,(H2,64,75)(H2,65,76)(H,67,78)(H,68,77)(H,69,81)(H,70,84)(H,71,80)(H,72,82)(H,73,79)(H,74,83)/t36-,39+,41-,42-,43-,44-,45-,46-,47-,49-/m0/s1. The summed E-state index contributed by atoms with van der Waals surface area (Å²) in [6, 6.07) is -3.42. The van der Waals surface area contributed by atoms with Crippen molar-refractivity contribution in [3.63, 3.8) is 0 Å². The number of aromatic amines is 1. The summed E-state index contributed by atoms with van der Waals surface area (Å²) < 4.78 is 0. The number of carbonyl (C=O) groups excluding carboxylic acids is 10. The van der Waals surface area contributed by atoms with Crippen molar-refractivity contribution in [2.24, 2.45) is 57.9 Å². The monoisotopic (exact) mass is 1180 g/mol. The van der Waals surface area contributed by atoms with Crippen LogP contribution in [0.4, 0.5) is 0 Å². The normalized spacial score (nSPS) is 15.0. The Hall–Kier alpha value is -6.74. The van der Waals surface area contributed by atoms with E-state index in [0.717, 1.165) is 10.9 Å². The number of benzene rings is 1. The lowest BCUT2D eigenvalue weighted by Gasteiger charge is -2.30. The van der Waals surface area contributed by atoms with Gasteiger partial charge in [-0.15, -0.1) is 0 Å². The molecule has 84 heavy (non-hydrogen) atoms. The quantitative estimate of drug-likeness (QED) is 0.0366. The fourth-order valence-corrected chi connectivity index (χ4v) is 9.49. The van der Waals surface area contributed by atoms with Gasteiger partial charge in [-0.1, -0.05) is 72.6 Å². The average molecular weight is 1180 g/mol. The van der Waals surface area contributed by atoms with Gasteiger partial charge in [0.05, 0.1) is 6.04 Å². The Kier molecular flexibility index (Phi) is 34.7. The number of H-pyrrole nitrogens is 1. The van der Waals surface area contributed by atoms with Crippen molar-refractivity contribution >= 4 is 70.0 Å². The summed E-state index contributed by atoms with van der Waals surface area (Å²) >= 11 is 0. The van der Waals surface area contributed by atoms with E-state index in [1.165, 1.54) is 0 Å². The number of unbranched alkanes of at least 4 members (excludes halogenated alkanes) is 4. The Bertz CT molecular complexity index is 2400. The predicted octanol–water partition coefficient (Wildman–Crippen LogP) is -0.679. The Morgan fingerprint density at radius 2 is 0.857 bits per heavy atom.